The van der Waals surface area contributed by atoms with Crippen LogP contribution in [0.1, 0.15) is 19.8 Å². The lowest BCUT2D eigenvalue weighted by atomic mass is 9.99. The van der Waals surface area contributed by atoms with Gasteiger partial charge >= 0.3 is 0 Å². The third-order valence-corrected chi connectivity index (χ3v) is 5.61. The monoisotopic (exact) mass is 367 g/mol. The van der Waals surface area contributed by atoms with Gasteiger partial charge in [0.1, 0.15) is 0 Å². The molecule has 0 saturated carbocycles. The van der Waals surface area contributed by atoms with Crippen molar-refractivity contribution in [3.63, 3.8) is 0 Å². The zero-order chi connectivity index (χ0) is 17.9. The molecule has 0 unspecified atom stereocenters. The number of piperidine rings is 1. The van der Waals surface area contributed by atoms with Gasteiger partial charge in [-0.3, -0.25) is 9.78 Å². The number of benzene rings is 1. The summed E-state index contributed by atoms with van der Waals surface area (Å²) in [5, 5.41) is 13.2. The van der Waals surface area contributed by atoms with Crippen molar-refractivity contribution in [1.82, 2.24) is 15.2 Å². The van der Waals surface area contributed by atoms with Crippen LogP contribution >= 0.6 is 11.3 Å². The molecule has 0 amide bonds. The fourth-order valence-corrected chi connectivity index (χ4v) is 3.83. The largest absolute Gasteiger partial charge is 0.372 e. The molecule has 0 radical (unpaired) electrons. The van der Waals surface area contributed by atoms with Crippen molar-refractivity contribution in [2.24, 2.45) is 5.92 Å². The predicted octanol–water partition coefficient (Wildman–Crippen LogP) is 3.87. The number of H-pyrrole nitrogens is 1. The standard InChI is InChI=1S/C19H21N5OS/c1-13-8-10-24(11-9-13)15-6-4-14(5-7-15)20-19-21-18(25)17(22-23-19)16-3-2-12-26-16/h2-7,12-13H,8-11H2,1H3,(H2,20,21,23,25). The minimum absolute atomic E-state index is 0.246. The number of hydrogen-bond donors (Lipinski definition) is 2. The number of aromatic nitrogens is 3. The number of nitrogens with zero attached hydrogens (tertiary/aromatic N) is 3. The molecule has 0 bridgehead atoms. The average molecular weight is 367 g/mol. The van der Waals surface area contributed by atoms with Gasteiger partial charge < -0.3 is 10.2 Å². The number of nitrogens with one attached hydrogen (secondary N) is 2. The third-order valence-electron chi connectivity index (χ3n) is 4.73. The van der Waals surface area contributed by atoms with Crippen LogP contribution in [-0.2, 0) is 0 Å². The molecule has 3 aromatic rings. The smallest absolute Gasteiger partial charge is 0.280 e. The van der Waals surface area contributed by atoms with E-state index in [1.54, 1.807) is 0 Å². The van der Waals surface area contributed by atoms with Gasteiger partial charge in [0.25, 0.3) is 5.56 Å². The summed E-state index contributed by atoms with van der Waals surface area (Å²) in [7, 11) is 0. The highest BCUT2D eigenvalue weighted by Crippen LogP contribution is 2.25. The van der Waals surface area contributed by atoms with Crippen molar-refractivity contribution < 1.29 is 0 Å². The van der Waals surface area contributed by atoms with Gasteiger partial charge in [0.05, 0.1) is 4.88 Å². The van der Waals surface area contributed by atoms with E-state index in [-0.39, 0.29) is 5.56 Å². The Kier molecular flexibility index (Phi) is 4.71. The fourth-order valence-electron chi connectivity index (χ4n) is 3.13. The van der Waals surface area contributed by atoms with Crippen molar-refractivity contribution in [3.8, 4) is 10.6 Å². The number of hydrogen-bond acceptors (Lipinski definition) is 6. The lowest BCUT2D eigenvalue weighted by Gasteiger charge is -2.32. The number of thiophene rings is 1. The lowest BCUT2D eigenvalue weighted by Crippen LogP contribution is -2.32. The van der Waals surface area contributed by atoms with E-state index >= 15 is 0 Å². The van der Waals surface area contributed by atoms with Gasteiger partial charge in [0.15, 0.2) is 5.69 Å². The molecular weight excluding hydrogens is 346 g/mol. The number of rotatable bonds is 4. The second kappa shape index (κ2) is 7.29. The van der Waals surface area contributed by atoms with Gasteiger partial charge in [0, 0.05) is 24.5 Å². The molecule has 0 aliphatic carbocycles. The maximum absolute atomic E-state index is 12.2. The quantitative estimate of drug-likeness (QED) is 0.732. The van der Waals surface area contributed by atoms with E-state index < -0.39 is 0 Å². The second-order valence-electron chi connectivity index (χ2n) is 6.67. The Morgan fingerprint density at radius 3 is 2.58 bits per heavy atom. The Morgan fingerprint density at radius 2 is 1.92 bits per heavy atom. The SMILES string of the molecule is CC1CCN(c2ccc(Nc3nnc(-c4cccs4)c(=O)[nH]3)cc2)CC1. The van der Waals surface area contributed by atoms with Crippen LogP contribution in [0, 0.1) is 5.92 Å². The topological polar surface area (TPSA) is 73.9 Å². The molecule has 7 heteroatoms. The van der Waals surface area contributed by atoms with Crippen LogP contribution in [0.15, 0.2) is 46.6 Å². The summed E-state index contributed by atoms with van der Waals surface area (Å²) in [6.07, 6.45) is 2.49. The number of aromatic amines is 1. The summed E-state index contributed by atoms with van der Waals surface area (Å²) < 4.78 is 0. The minimum atomic E-state index is -0.246. The van der Waals surface area contributed by atoms with Crippen molar-refractivity contribution in [2.75, 3.05) is 23.3 Å². The molecule has 1 fully saturated rings. The molecule has 0 atom stereocenters. The van der Waals surface area contributed by atoms with E-state index in [9.17, 15) is 4.79 Å². The molecule has 6 nitrogen and oxygen atoms in total. The summed E-state index contributed by atoms with van der Waals surface area (Å²) in [6.45, 7) is 4.53. The van der Waals surface area contributed by atoms with Gasteiger partial charge in [-0.15, -0.1) is 21.5 Å². The van der Waals surface area contributed by atoms with E-state index in [2.05, 4.69) is 44.5 Å². The Bertz CT molecular complexity index is 912. The fraction of sp³-hybridized carbons (Fsp3) is 0.316. The molecule has 26 heavy (non-hydrogen) atoms. The van der Waals surface area contributed by atoms with Crippen molar-refractivity contribution in [3.05, 3.63) is 52.1 Å². The molecule has 134 valence electrons. The van der Waals surface area contributed by atoms with Crippen LogP contribution in [0.3, 0.4) is 0 Å². The van der Waals surface area contributed by atoms with E-state index in [4.69, 9.17) is 0 Å². The summed E-state index contributed by atoms with van der Waals surface area (Å²) in [5.74, 6) is 1.16. The highest BCUT2D eigenvalue weighted by atomic mass is 32.1. The van der Waals surface area contributed by atoms with Gasteiger partial charge in [-0.25, -0.2) is 0 Å². The summed E-state index contributed by atoms with van der Waals surface area (Å²) in [4.78, 5) is 18.2. The molecule has 1 aliphatic rings. The molecule has 2 N–H and O–H groups in total. The normalized spacial score (nSPS) is 15.2. The maximum atomic E-state index is 12.2. The Labute approximate surface area is 155 Å². The van der Waals surface area contributed by atoms with Crippen LogP contribution in [0.5, 0.6) is 0 Å². The summed E-state index contributed by atoms with van der Waals surface area (Å²) >= 11 is 1.47. The van der Waals surface area contributed by atoms with Gasteiger partial charge in [-0.2, -0.15) is 0 Å². The molecule has 3 heterocycles. The first-order valence-electron chi connectivity index (χ1n) is 8.82. The molecule has 1 aliphatic heterocycles. The van der Waals surface area contributed by atoms with Crippen LogP contribution in [0.2, 0.25) is 0 Å². The van der Waals surface area contributed by atoms with Crippen LogP contribution in [0.4, 0.5) is 17.3 Å². The molecule has 1 saturated heterocycles. The Hall–Kier alpha value is -2.67. The van der Waals surface area contributed by atoms with Crippen molar-refractivity contribution in [1.29, 1.82) is 0 Å². The van der Waals surface area contributed by atoms with Gasteiger partial charge in [0.2, 0.25) is 5.95 Å². The Balaban J connectivity index is 1.46. The molecule has 0 spiro atoms. The van der Waals surface area contributed by atoms with Gasteiger partial charge in [-0.05, 0) is 54.5 Å². The first-order valence-corrected chi connectivity index (χ1v) is 9.70. The second-order valence-corrected chi connectivity index (χ2v) is 7.62. The summed E-state index contributed by atoms with van der Waals surface area (Å²) in [5.41, 5.74) is 2.20. The molecule has 4 rings (SSSR count). The van der Waals surface area contributed by atoms with Crippen LogP contribution in [-0.4, -0.2) is 28.3 Å². The zero-order valence-corrected chi connectivity index (χ0v) is 15.4. The van der Waals surface area contributed by atoms with Crippen molar-refractivity contribution >= 4 is 28.7 Å². The molecule has 1 aromatic carbocycles. The highest BCUT2D eigenvalue weighted by Gasteiger charge is 2.16. The first kappa shape index (κ1) is 16.8. The molecular formula is C19H21N5OS. The van der Waals surface area contributed by atoms with Crippen molar-refractivity contribution in [2.45, 2.75) is 19.8 Å². The minimum Gasteiger partial charge on any atom is -0.372 e. The maximum Gasteiger partial charge on any atom is 0.280 e. The van der Waals surface area contributed by atoms with E-state index in [1.165, 1.54) is 29.9 Å². The van der Waals surface area contributed by atoms with E-state index in [1.807, 2.05) is 29.6 Å². The average Bonchev–Trinajstić information content (AvgIpc) is 3.18. The third kappa shape index (κ3) is 3.62. The number of anilines is 3. The zero-order valence-electron chi connectivity index (χ0n) is 14.6. The van der Waals surface area contributed by atoms with Gasteiger partial charge in [-0.1, -0.05) is 13.0 Å². The lowest BCUT2D eigenvalue weighted by molar-refractivity contribution is 0.438. The predicted molar refractivity (Wildman–Crippen MR) is 106 cm³/mol. The molecule has 2 aromatic heterocycles. The van der Waals surface area contributed by atoms with Crippen LogP contribution < -0.4 is 15.8 Å². The Morgan fingerprint density at radius 1 is 1.15 bits per heavy atom. The van der Waals surface area contributed by atoms with Crippen LogP contribution in [0.25, 0.3) is 10.6 Å². The van der Waals surface area contributed by atoms with E-state index in [0.29, 0.717) is 11.6 Å². The van der Waals surface area contributed by atoms with E-state index in [0.717, 1.165) is 29.6 Å². The highest BCUT2D eigenvalue weighted by molar-refractivity contribution is 7.13. The first-order chi connectivity index (χ1) is 12.7. The summed E-state index contributed by atoms with van der Waals surface area (Å²) in [6, 6.07) is 11.9.